The number of thiazole rings is 1. The van der Waals surface area contributed by atoms with Gasteiger partial charge in [0.25, 0.3) is 0 Å². The van der Waals surface area contributed by atoms with Crippen LogP contribution in [0.3, 0.4) is 0 Å². The number of benzene rings is 1. The Morgan fingerprint density at radius 2 is 1.75 bits per heavy atom. The molecule has 0 spiro atoms. The van der Waals surface area contributed by atoms with Crippen molar-refractivity contribution in [2.45, 2.75) is 12.7 Å². The quantitative estimate of drug-likeness (QED) is 0.658. The number of hydrogen-bond acceptors (Lipinski definition) is 6. The van der Waals surface area contributed by atoms with Crippen molar-refractivity contribution in [2.75, 3.05) is 31.1 Å². The zero-order valence-electron chi connectivity index (χ0n) is 14.9. The Kier molecular flexibility index (Phi) is 5.27. The lowest BCUT2D eigenvalue weighted by molar-refractivity contribution is -0.141. The fourth-order valence-electron chi connectivity index (χ4n) is 3.13. The zero-order chi connectivity index (χ0) is 19.6. The molecule has 1 aromatic carbocycles. The first-order valence-corrected chi connectivity index (χ1v) is 9.73. The van der Waals surface area contributed by atoms with Gasteiger partial charge in [-0.2, -0.15) is 13.2 Å². The van der Waals surface area contributed by atoms with E-state index in [0.29, 0.717) is 18.9 Å². The first-order chi connectivity index (χ1) is 13.5. The molecule has 0 radical (unpaired) electrons. The summed E-state index contributed by atoms with van der Waals surface area (Å²) >= 11 is 1.63. The molecule has 1 aliphatic heterocycles. The molecule has 0 amide bonds. The molecule has 4 rings (SSSR count). The van der Waals surface area contributed by atoms with Crippen molar-refractivity contribution in [3.63, 3.8) is 0 Å². The Bertz CT molecular complexity index is 921. The average molecular weight is 405 g/mol. The molecule has 0 saturated carbocycles. The van der Waals surface area contributed by atoms with Gasteiger partial charge in [-0.15, -0.1) is 11.3 Å². The van der Waals surface area contributed by atoms with Crippen LogP contribution >= 0.6 is 11.3 Å². The number of piperazine rings is 1. The first kappa shape index (κ1) is 18.8. The second kappa shape index (κ2) is 7.84. The first-order valence-electron chi connectivity index (χ1n) is 8.85. The molecule has 0 atom stereocenters. The second-order valence-corrected chi connectivity index (χ2v) is 7.46. The van der Waals surface area contributed by atoms with Crippen LogP contribution in [0, 0.1) is 0 Å². The van der Waals surface area contributed by atoms with Gasteiger partial charge >= 0.3 is 6.18 Å². The van der Waals surface area contributed by atoms with E-state index in [1.807, 2.05) is 35.2 Å². The summed E-state index contributed by atoms with van der Waals surface area (Å²) in [5.74, 6) is 0.322. The molecule has 1 fully saturated rings. The summed E-state index contributed by atoms with van der Waals surface area (Å²) in [5, 5.41) is 3.09. The van der Waals surface area contributed by atoms with Crippen LogP contribution in [0.15, 0.2) is 48.1 Å². The highest BCUT2D eigenvalue weighted by Gasteiger charge is 2.33. The number of rotatable bonds is 4. The minimum absolute atomic E-state index is 0.322. The van der Waals surface area contributed by atoms with Gasteiger partial charge in [0.05, 0.1) is 12.2 Å². The second-order valence-electron chi connectivity index (χ2n) is 6.51. The Labute approximate surface area is 164 Å². The number of hydrogen-bond donors (Lipinski definition) is 0. The molecule has 0 aliphatic carbocycles. The Morgan fingerprint density at radius 1 is 1.00 bits per heavy atom. The smallest absolute Gasteiger partial charge is 0.354 e. The normalized spacial score (nSPS) is 15.8. The number of nitrogens with zero attached hydrogens (tertiary/aromatic N) is 5. The summed E-state index contributed by atoms with van der Waals surface area (Å²) in [7, 11) is 0. The highest BCUT2D eigenvalue weighted by molar-refractivity contribution is 7.09. The number of halogens is 3. The van der Waals surface area contributed by atoms with Crippen LogP contribution in [0.5, 0.6) is 0 Å². The summed E-state index contributed by atoms with van der Waals surface area (Å²) in [4.78, 5) is 16.2. The van der Waals surface area contributed by atoms with Crippen LogP contribution in [-0.2, 0) is 12.7 Å². The summed E-state index contributed by atoms with van der Waals surface area (Å²) in [6.07, 6.45) is -3.48. The van der Waals surface area contributed by atoms with Gasteiger partial charge in [0.15, 0.2) is 0 Å². The highest BCUT2D eigenvalue weighted by atomic mass is 32.1. The van der Waals surface area contributed by atoms with Crippen molar-refractivity contribution in [3.05, 3.63) is 58.8 Å². The fraction of sp³-hybridized carbons (Fsp3) is 0.316. The monoisotopic (exact) mass is 405 g/mol. The van der Waals surface area contributed by atoms with Gasteiger partial charge in [-0.3, -0.25) is 4.90 Å². The van der Waals surface area contributed by atoms with Gasteiger partial charge in [0, 0.05) is 43.2 Å². The average Bonchev–Trinajstić information content (AvgIpc) is 3.17. The van der Waals surface area contributed by atoms with Gasteiger partial charge in [-0.25, -0.2) is 15.0 Å². The summed E-state index contributed by atoms with van der Waals surface area (Å²) in [6.45, 7) is 3.45. The molecule has 0 unspecified atom stereocenters. The minimum atomic E-state index is -4.46. The van der Waals surface area contributed by atoms with Crippen LogP contribution in [0.2, 0.25) is 0 Å². The molecule has 2 aromatic heterocycles. The van der Waals surface area contributed by atoms with E-state index >= 15 is 0 Å². The van der Waals surface area contributed by atoms with Crippen LogP contribution in [-0.4, -0.2) is 46.0 Å². The SMILES string of the molecule is FC(F)(F)c1cc(N2CCN(Cc3nc(-c4ccccc4)cs3)CC2)ncn1. The maximum atomic E-state index is 12.8. The van der Waals surface area contributed by atoms with E-state index in [0.717, 1.165) is 48.3 Å². The van der Waals surface area contributed by atoms with E-state index in [2.05, 4.69) is 20.2 Å². The van der Waals surface area contributed by atoms with E-state index in [-0.39, 0.29) is 0 Å². The predicted octanol–water partition coefficient (Wildman–Crippen LogP) is 3.94. The van der Waals surface area contributed by atoms with E-state index in [9.17, 15) is 13.2 Å². The molecule has 0 bridgehead atoms. The standard InChI is InChI=1S/C19H18F3N5S/c20-19(21,22)16-10-17(24-13-23-16)27-8-6-26(7-9-27)11-18-25-15(12-28-18)14-4-2-1-3-5-14/h1-5,10,12-13H,6-9,11H2. The van der Waals surface area contributed by atoms with E-state index in [1.165, 1.54) is 0 Å². The van der Waals surface area contributed by atoms with E-state index in [4.69, 9.17) is 4.98 Å². The molecular formula is C19H18F3N5S. The molecule has 3 aromatic rings. The van der Waals surface area contributed by atoms with Crippen molar-refractivity contribution in [1.82, 2.24) is 19.9 Å². The van der Waals surface area contributed by atoms with Crippen molar-refractivity contribution < 1.29 is 13.2 Å². The predicted molar refractivity (Wildman–Crippen MR) is 102 cm³/mol. The Balaban J connectivity index is 1.36. The van der Waals surface area contributed by atoms with Crippen molar-refractivity contribution in [2.24, 2.45) is 0 Å². The largest absolute Gasteiger partial charge is 0.433 e. The zero-order valence-corrected chi connectivity index (χ0v) is 15.7. The summed E-state index contributed by atoms with van der Waals surface area (Å²) in [6, 6.07) is 11.0. The van der Waals surface area contributed by atoms with Gasteiger partial charge in [0.2, 0.25) is 0 Å². The third kappa shape index (κ3) is 4.31. The molecule has 5 nitrogen and oxygen atoms in total. The lowest BCUT2D eigenvalue weighted by Gasteiger charge is -2.35. The summed E-state index contributed by atoms with van der Waals surface area (Å²) in [5.41, 5.74) is 1.16. The number of alkyl halides is 3. The molecule has 146 valence electrons. The topological polar surface area (TPSA) is 45.2 Å². The van der Waals surface area contributed by atoms with Gasteiger partial charge < -0.3 is 4.90 Å². The molecule has 1 aliphatic rings. The molecule has 0 N–H and O–H groups in total. The van der Waals surface area contributed by atoms with Gasteiger partial charge in [0.1, 0.15) is 22.8 Å². The molecule has 3 heterocycles. The molecular weight excluding hydrogens is 387 g/mol. The van der Waals surface area contributed by atoms with Crippen LogP contribution in [0.25, 0.3) is 11.3 Å². The maximum absolute atomic E-state index is 12.8. The van der Waals surface area contributed by atoms with Crippen LogP contribution in [0.4, 0.5) is 19.0 Å². The van der Waals surface area contributed by atoms with E-state index < -0.39 is 11.9 Å². The van der Waals surface area contributed by atoms with E-state index in [1.54, 1.807) is 11.3 Å². The van der Waals surface area contributed by atoms with Crippen molar-refractivity contribution in [3.8, 4) is 11.3 Å². The van der Waals surface area contributed by atoms with Crippen LogP contribution in [0.1, 0.15) is 10.7 Å². The Hall–Kier alpha value is -2.52. The number of anilines is 1. The molecule has 1 saturated heterocycles. The summed E-state index contributed by atoms with van der Waals surface area (Å²) < 4.78 is 38.5. The van der Waals surface area contributed by atoms with Crippen molar-refractivity contribution in [1.29, 1.82) is 0 Å². The van der Waals surface area contributed by atoms with Crippen LogP contribution < -0.4 is 4.90 Å². The maximum Gasteiger partial charge on any atom is 0.433 e. The highest BCUT2D eigenvalue weighted by Crippen LogP contribution is 2.29. The molecule has 28 heavy (non-hydrogen) atoms. The third-order valence-corrected chi connectivity index (χ3v) is 5.45. The fourth-order valence-corrected chi connectivity index (χ4v) is 3.97. The lowest BCUT2D eigenvalue weighted by atomic mass is 10.2. The Morgan fingerprint density at radius 3 is 2.46 bits per heavy atom. The number of aromatic nitrogens is 3. The molecule has 9 heteroatoms. The lowest BCUT2D eigenvalue weighted by Crippen LogP contribution is -2.46. The minimum Gasteiger partial charge on any atom is -0.354 e. The van der Waals surface area contributed by atoms with Gasteiger partial charge in [-0.05, 0) is 0 Å². The van der Waals surface area contributed by atoms with Crippen molar-refractivity contribution >= 4 is 17.2 Å². The third-order valence-electron chi connectivity index (χ3n) is 4.62. The van der Waals surface area contributed by atoms with Gasteiger partial charge in [-0.1, -0.05) is 30.3 Å².